The lowest BCUT2D eigenvalue weighted by Gasteiger charge is -2.34. The molecule has 2 aromatic rings. The van der Waals surface area contributed by atoms with E-state index in [-0.39, 0.29) is 24.9 Å². The molecule has 33 heavy (non-hydrogen) atoms. The van der Waals surface area contributed by atoms with Crippen molar-refractivity contribution in [2.75, 3.05) is 20.3 Å². The topological polar surface area (TPSA) is 66.4 Å². The predicted molar refractivity (Wildman–Crippen MR) is 125 cm³/mol. The van der Waals surface area contributed by atoms with Gasteiger partial charge in [0.15, 0.2) is 0 Å². The molecule has 0 saturated heterocycles. The normalized spacial score (nSPS) is 19.7. The molecule has 2 aliphatic carbocycles. The van der Waals surface area contributed by atoms with Gasteiger partial charge in [0, 0.05) is 7.11 Å². The Kier molecular flexibility index (Phi) is 9.29. The van der Waals surface area contributed by atoms with Crippen molar-refractivity contribution >= 4 is 0 Å². The molecule has 0 aliphatic heterocycles. The zero-order valence-electron chi connectivity index (χ0n) is 19.4. The van der Waals surface area contributed by atoms with Gasteiger partial charge in [-0.05, 0) is 36.8 Å². The first-order valence-corrected chi connectivity index (χ1v) is 12.0. The van der Waals surface area contributed by atoms with Gasteiger partial charge in [-0.15, -0.1) is 0 Å². The van der Waals surface area contributed by atoms with Crippen molar-refractivity contribution in [3.63, 3.8) is 0 Å². The summed E-state index contributed by atoms with van der Waals surface area (Å²) in [5, 5.41) is 11.3. The van der Waals surface area contributed by atoms with Crippen molar-refractivity contribution in [3.05, 3.63) is 71.8 Å². The second kappa shape index (κ2) is 12.6. The van der Waals surface area contributed by atoms with Crippen LogP contribution in [-0.2, 0) is 36.9 Å². The maximum atomic E-state index is 11.3. The average Bonchev–Trinajstić information content (AvgIpc) is 3.77. The summed E-state index contributed by atoms with van der Waals surface area (Å²) in [6, 6.07) is 20.0. The second-order valence-corrected chi connectivity index (χ2v) is 8.94. The third-order valence-corrected chi connectivity index (χ3v) is 5.93. The lowest BCUT2D eigenvalue weighted by Crippen LogP contribution is -2.51. The number of benzene rings is 2. The number of rotatable bonds is 16. The predicted octanol–water partition coefficient (Wildman–Crippen LogP) is 3.89. The minimum atomic E-state index is -0.893. The molecule has 180 valence electrons. The van der Waals surface area contributed by atoms with Crippen LogP contribution in [0.15, 0.2) is 60.7 Å². The van der Waals surface area contributed by atoms with Crippen LogP contribution in [0.4, 0.5) is 0 Å². The first-order valence-electron chi connectivity index (χ1n) is 12.0. The van der Waals surface area contributed by atoms with Gasteiger partial charge in [-0.25, -0.2) is 0 Å². The fraction of sp³-hybridized carbons (Fsp3) is 0.556. The van der Waals surface area contributed by atoms with E-state index in [0.717, 1.165) is 36.8 Å². The molecule has 6 nitrogen and oxygen atoms in total. The van der Waals surface area contributed by atoms with Crippen molar-refractivity contribution in [2.45, 2.75) is 75.5 Å². The Hall–Kier alpha value is -1.80. The highest BCUT2D eigenvalue weighted by Crippen LogP contribution is 2.30. The van der Waals surface area contributed by atoms with Gasteiger partial charge in [0.1, 0.15) is 24.4 Å². The van der Waals surface area contributed by atoms with Crippen molar-refractivity contribution in [1.82, 2.24) is 0 Å². The first-order chi connectivity index (χ1) is 16.2. The number of hydrogen-bond donors (Lipinski definition) is 1. The molecule has 0 heterocycles. The van der Waals surface area contributed by atoms with Crippen LogP contribution in [0.5, 0.6) is 0 Å². The molecule has 1 N–H and O–H groups in total. The van der Waals surface area contributed by atoms with Gasteiger partial charge < -0.3 is 28.8 Å². The largest absolute Gasteiger partial charge is 0.387 e. The Morgan fingerprint density at radius 2 is 1.18 bits per heavy atom. The van der Waals surface area contributed by atoms with E-state index in [4.69, 9.17) is 23.7 Å². The summed E-state index contributed by atoms with van der Waals surface area (Å²) < 4.78 is 30.0. The highest BCUT2D eigenvalue weighted by atomic mass is 16.6. The summed E-state index contributed by atoms with van der Waals surface area (Å²) in [4.78, 5) is 0. The lowest BCUT2D eigenvalue weighted by atomic mass is 10.0. The molecular formula is C27H36O6. The molecule has 2 aromatic carbocycles. The molecule has 0 unspecified atom stereocenters. The molecule has 2 aliphatic rings. The molecule has 6 heteroatoms. The number of ether oxygens (including phenoxy) is 5. The van der Waals surface area contributed by atoms with Gasteiger partial charge in [-0.1, -0.05) is 60.7 Å². The van der Waals surface area contributed by atoms with Crippen LogP contribution in [0.3, 0.4) is 0 Å². The van der Waals surface area contributed by atoms with Gasteiger partial charge in [-0.3, -0.25) is 0 Å². The number of hydrogen-bond acceptors (Lipinski definition) is 6. The van der Waals surface area contributed by atoms with E-state index in [2.05, 4.69) is 0 Å². The van der Waals surface area contributed by atoms with E-state index in [1.807, 2.05) is 60.7 Å². The Balaban J connectivity index is 1.35. The highest BCUT2D eigenvalue weighted by molar-refractivity contribution is 5.14. The van der Waals surface area contributed by atoms with Crippen LogP contribution in [0.2, 0.25) is 0 Å². The van der Waals surface area contributed by atoms with Gasteiger partial charge >= 0.3 is 0 Å². The highest BCUT2D eigenvalue weighted by Gasteiger charge is 2.40. The van der Waals surface area contributed by atoms with E-state index in [0.29, 0.717) is 19.8 Å². The van der Waals surface area contributed by atoms with Crippen LogP contribution >= 0.6 is 0 Å². The SMILES string of the molecule is CO[C@@H]([C@H](O)[C@@H](COCc1ccccc1)OC1CC1)[C@@H](COCc1ccccc1)OC1CC1. The minimum Gasteiger partial charge on any atom is -0.387 e. The minimum absolute atomic E-state index is 0.180. The van der Waals surface area contributed by atoms with Gasteiger partial charge in [-0.2, -0.15) is 0 Å². The summed E-state index contributed by atoms with van der Waals surface area (Å²) in [6.45, 7) is 1.58. The molecule has 2 fully saturated rings. The number of aliphatic hydroxyl groups excluding tert-OH is 1. The summed E-state index contributed by atoms with van der Waals surface area (Å²) in [7, 11) is 1.60. The van der Waals surface area contributed by atoms with E-state index >= 15 is 0 Å². The molecule has 2 saturated carbocycles. The fourth-order valence-corrected chi connectivity index (χ4v) is 3.79. The maximum absolute atomic E-state index is 11.3. The maximum Gasteiger partial charge on any atom is 0.114 e. The second-order valence-electron chi connectivity index (χ2n) is 8.94. The zero-order valence-corrected chi connectivity index (χ0v) is 19.4. The molecule has 0 aromatic heterocycles. The van der Waals surface area contributed by atoms with E-state index in [1.165, 1.54) is 0 Å². The van der Waals surface area contributed by atoms with Crippen LogP contribution in [0, 0.1) is 0 Å². The van der Waals surface area contributed by atoms with E-state index < -0.39 is 18.3 Å². The Bertz CT molecular complexity index is 793. The quantitative estimate of drug-likeness (QED) is 0.413. The van der Waals surface area contributed by atoms with Crippen LogP contribution in [-0.4, -0.2) is 62.1 Å². The summed E-state index contributed by atoms with van der Waals surface area (Å²) in [5.74, 6) is 0. The van der Waals surface area contributed by atoms with Crippen molar-refractivity contribution in [1.29, 1.82) is 0 Å². The first kappa shape index (κ1) is 24.3. The Morgan fingerprint density at radius 1 is 0.727 bits per heavy atom. The van der Waals surface area contributed by atoms with Gasteiger partial charge in [0.25, 0.3) is 0 Å². The van der Waals surface area contributed by atoms with Gasteiger partial charge in [0.2, 0.25) is 0 Å². The van der Waals surface area contributed by atoms with Crippen molar-refractivity contribution in [3.8, 4) is 0 Å². The molecule has 0 spiro atoms. The summed E-state index contributed by atoms with van der Waals surface area (Å²) in [6.07, 6.45) is 2.13. The van der Waals surface area contributed by atoms with Crippen LogP contribution < -0.4 is 0 Å². The lowest BCUT2D eigenvalue weighted by molar-refractivity contribution is -0.178. The monoisotopic (exact) mass is 456 g/mol. The summed E-state index contributed by atoms with van der Waals surface area (Å²) >= 11 is 0. The molecule has 4 rings (SSSR count). The smallest absolute Gasteiger partial charge is 0.114 e. The molecule has 4 atom stereocenters. The average molecular weight is 457 g/mol. The van der Waals surface area contributed by atoms with Crippen LogP contribution in [0.1, 0.15) is 36.8 Å². The van der Waals surface area contributed by atoms with Crippen molar-refractivity contribution in [2.24, 2.45) is 0 Å². The van der Waals surface area contributed by atoms with E-state index in [9.17, 15) is 5.11 Å². The van der Waals surface area contributed by atoms with Gasteiger partial charge in [0.05, 0.1) is 38.6 Å². The van der Waals surface area contributed by atoms with Crippen molar-refractivity contribution < 1.29 is 28.8 Å². The molecular weight excluding hydrogens is 420 g/mol. The summed E-state index contributed by atoms with van der Waals surface area (Å²) in [5.41, 5.74) is 2.19. The molecule has 0 radical (unpaired) electrons. The molecule has 0 amide bonds. The van der Waals surface area contributed by atoms with E-state index in [1.54, 1.807) is 7.11 Å². The Morgan fingerprint density at radius 3 is 1.64 bits per heavy atom. The fourth-order valence-electron chi connectivity index (χ4n) is 3.79. The third-order valence-electron chi connectivity index (χ3n) is 5.93. The third kappa shape index (κ3) is 8.18. The Labute approximate surface area is 196 Å². The zero-order chi connectivity index (χ0) is 22.9. The number of aliphatic hydroxyl groups is 1. The van der Waals surface area contributed by atoms with Crippen LogP contribution in [0.25, 0.3) is 0 Å². The number of methoxy groups -OCH3 is 1. The molecule has 0 bridgehead atoms. The standard InChI is InChI=1S/C27H36O6/c1-29-27(25(33-23-14-15-23)19-31-17-21-10-6-3-7-11-21)26(28)24(32-22-12-13-22)18-30-16-20-8-4-2-5-9-20/h2-11,22-28H,12-19H2,1H3/t24-,25-,26-,27-/m1/s1.